The Hall–Kier alpha value is -1.09. The largest absolute Gasteiger partial charge is 0.394 e. The molecule has 2 saturated heterocycles. The Morgan fingerprint density at radius 1 is 0.478 bits per heavy atom. The summed E-state index contributed by atoms with van der Waals surface area (Å²) in [7, 11) is 0. The number of carbonyl (C=O) groups is 1. The molecule has 1 unspecified atom stereocenters. The van der Waals surface area contributed by atoms with Gasteiger partial charge in [0.2, 0.25) is 5.91 Å². The van der Waals surface area contributed by atoms with E-state index in [0.29, 0.717) is 12.8 Å². The van der Waals surface area contributed by atoms with Crippen molar-refractivity contribution >= 4 is 5.91 Å². The molecule has 0 aliphatic carbocycles. The van der Waals surface area contributed by atoms with Crippen molar-refractivity contribution in [2.45, 2.75) is 312 Å². The Morgan fingerprint density at radius 2 is 0.841 bits per heavy atom. The van der Waals surface area contributed by atoms with Crippen molar-refractivity contribution in [1.82, 2.24) is 5.32 Å². The van der Waals surface area contributed by atoms with E-state index in [4.69, 9.17) is 18.9 Å². The summed E-state index contributed by atoms with van der Waals surface area (Å²) in [5.74, 6) is -0.773. The van der Waals surface area contributed by atoms with Crippen LogP contribution < -0.4 is 5.32 Å². The first kappa shape index (κ1) is 64.0. The van der Waals surface area contributed by atoms with E-state index in [1.54, 1.807) is 0 Å². The van der Waals surface area contributed by atoms with Gasteiger partial charge in [-0.25, -0.2) is 0 Å². The minimum absolute atomic E-state index is 0.193. The Morgan fingerprint density at radius 3 is 1.25 bits per heavy atom. The van der Waals surface area contributed by atoms with Crippen LogP contribution in [0.5, 0.6) is 0 Å². The average Bonchev–Trinajstić information content (AvgIpc) is 3.35. The van der Waals surface area contributed by atoms with Gasteiger partial charge < -0.3 is 75.3 Å². The minimum atomic E-state index is -1.87. The maximum atomic E-state index is 13.4. The number of unbranched alkanes of at least 4 members (excludes halogenated alkanes) is 29. The Kier molecular flexibility index (Phi) is 37.4. The summed E-state index contributed by atoms with van der Waals surface area (Å²) in [6.45, 7) is 2.41. The molecule has 0 bridgehead atoms. The average molecular weight is 994 g/mol. The molecule has 0 aromatic heterocycles. The van der Waals surface area contributed by atoms with Gasteiger partial charge in [0.15, 0.2) is 12.6 Å². The van der Waals surface area contributed by atoms with Crippen LogP contribution in [0.3, 0.4) is 0 Å². The summed E-state index contributed by atoms with van der Waals surface area (Å²) in [4.78, 5) is 13.4. The molecule has 16 heteroatoms. The highest BCUT2D eigenvalue weighted by atomic mass is 16.8. The van der Waals surface area contributed by atoms with Gasteiger partial charge in [-0.05, 0) is 12.8 Å². The van der Waals surface area contributed by atoms with Gasteiger partial charge in [-0.1, -0.05) is 213 Å². The van der Waals surface area contributed by atoms with Gasteiger partial charge in [0.1, 0.15) is 61.0 Å². The molecule has 2 heterocycles. The topological polar surface area (TPSA) is 268 Å². The lowest BCUT2D eigenvalue weighted by molar-refractivity contribution is -0.368. The van der Waals surface area contributed by atoms with Crippen LogP contribution in [-0.2, 0) is 23.7 Å². The third-order valence-electron chi connectivity index (χ3n) is 14.3. The van der Waals surface area contributed by atoms with Crippen molar-refractivity contribution in [2.24, 2.45) is 0 Å². The van der Waals surface area contributed by atoms with Crippen molar-refractivity contribution < 1.29 is 74.8 Å². The molecule has 2 fully saturated rings. The Balaban J connectivity index is 1.91. The molecule has 0 radical (unpaired) electrons. The fourth-order valence-electron chi connectivity index (χ4n) is 9.55. The van der Waals surface area contributed by atoms with Gasteiger partial charge in [-0.15, -0.1) is 0 Å². The first-order valence-electron chi connectivity index (χ1n) is 28.0. The summed E-state index contributed by atoms with van der Waals surface area (Å²) < 4.78 is 22.9. The summed E-state index contributed by atoms with van der Waals surface area (Å²) in [5.41, 5.74) is 0. The lowest BCUT2D eigenvalue weighted by Gasteiger charge is -2.46. The number of hydrogen-bond donors (Lipinski definition) is 11. The van der Waals surface area contributed by atoms with E-state index in [1.807, 2.05) is 0 Å². The Labute approximate surface area is 416 Å². The molecular weight excluding hydrogens is 891 g/mol. The molecular formula is C53H103NO15. The summed E-state index contributed by atoms with van der Waals surface area (Å²) in [6.07, 6.45) is 16.4. The van der Waals surface area contributed by atoms with Crippen molar-refractivity contribution in [3.63, 3.8) is 0 Å². The molecule has 2 aliphatic heterocycles. The van der Waals surface area contributed by atoms with E-state index in [1.165, 1.54) is 135 Å². The molecule has 410 valence electrons. The summed E-state index contributed by atoms with van der Waals surface area (Å²) in [5, 5.41) is 109. The second-order valence-corrected chi connectivity index (χ2v) is 20.4. The first-order chi connectivity index (χ1) is 33.4. The van der Waals surface area contributed by atoms with Crippen LogP contribution in [0, 0.1) is 0 Å². The molecule has 2 rings (SSSR count). The third kappa shape index (κ3) is 26.6. The number of aliphatic hydroxyl groups is 10. The Bertz CT molecular complexity index is 1210. The van der Waals surface area contributed by atoms with E-state index in [0.717, 1.165) is 51.4 Å². The van der Waals surface area contributed by atoms with Gasteiger partial charge in [0, 0.05) is 0 Å². The monoisotopic (exact) mass is 994 g/mol. The highest BCUT2D eigenvalue weighted by Crippen LogP contribution is 2.30. The van der Waals surface area contributed by atoms with E-state index in [9.17, 15) is 55.9 Å². The zero-order valence-electron chi connectivity index (χ0n) is 43.1. The highest BCUT2D eigenvalue weighted by molar-refractivity contribution is 5.80. The number of rotatable bonds is 44. The third-order valence-corrected chi connectivity index (χ3v) is 14.3. The van der Waals surface area contributed by atoms with Crippen LogP contribution in [0.4, 0.5) is 0 Å². The molecule has 16 nitrogen and oxygen atoms in total. The summed E-state index contributed by atoms with van der Waals surface area (Å²) in [6, 6.07) is -1.31. The van der Waals surface area contributed by atoms with Gasteiger partial charge in [-0.2, -0.15) is 0 Å². The van der Waals surface area contributed by atoms with Crippen molar-refractivity contribution in [3.8, 4) is 0 Å². The van der Waals surface area contributed by atoms with Gasteiger partial charge in [0.05, 0.1) is 32.0 Å². The zero-order valence-corrected chi connectivity index (χ0v) is 43.1. The highest BCUT2D eigenvalue weighted by Gasteiger charge is 2.51. The molecule has 0 saturated carbocycles. The standard InChI is InChI=1S/C53H103NO15/c1-3-5-7-9-11-13-15-17-18-19-20-21-22-23-25-27-29-31-33-35-41(58)51(65)54-39(44(59)40(57)34-32-30-28-26-24-16-14-12-10-8-6-4-2)38-66-53-50(48(63)46(61)43(37-56)68-53)69-52-49(64)47(62)45(60)42(36-55)67-52/h39-50,52-53,55-64H,3-38H2,1-2H3,(H,54,65)/t39-,40+,41+,42+,43+,44-,45-,46-,47-,48-,49+,50+,52?,53-/m0/s1. The number of amides is 1. The number of ether oxygens (including phenoxy) is 4. The molecule has 0 aromatic carbocycles. The maximum Gasteiger partial charge on any atom is 0.249 e. The van der Waals surface area contributed by atoms with Crippen molar-refractivity contribution in [2.75, 3.05) is 19.8 Å². The first-order valence-corrected chi connectivity index (χ1v) is 28.0. The second kappa shape index (κ2) is 40.3. The fraction of sp³-hybridized carbons (Fsp3) is 0.981. The second-order valence-electron chi connectivity index (χ2n) is 20.4. The predicted molar refractivity (Wildman–Crippen MR) is 266 cm³/mol. The lowest BCUT2D eigenvalue weighted by Crippen LogP contribution is -2.65. The van der Waals surface area contributed by atoms with Crippen LogP contribution in [0.2, 0.25) is 0 Å². The van der Waals surface area contributed by atoms with Crippen LogP contribution >= 0.6 is 0 Å². The normalized spacial score (nSPS) is 27.0. The number of aliphatic hydroxyl groups excluding tert-OH is 10. The number of carbonyl (C=O) groups excluding carboxylic acids is 1. The predicted octanol–water partition coefficient (Wildman–Crippen LogP) is 6.11. The van der Waals surface area contributed by atoms with E-state index >= 15 is 0 Å². The van der Waals surface area contributed by atoms with E-state index < -0.39 is 111 Å². The fourth-order valence-corrected chi connectivity index (χ4v) is 9.55. The molecule has 69 heavy (non-hydrogen) atoms. The smallest absolute Gasteiger partial charge is 0.249 e. The quantitative estimate of drug-likeness (QED) is 0.0308. The minimum Gasteiger partial charge on any atom is -0.394 e. The molecule has 1 amide bonds. The molecule has 0 spiro atoms. The van der Waals surface area contributed by atoms with Crippen LogP contribution in [0.15, 0.2) is 0 Å². The van der Waals surface area contributed by atoms with Crippen molar-refractivity contribution in [1.29, 1.82) is 0 Å². The molecule has 11 N–H and O–H groups in total. The van der Waals surface area contributed by atoms with Crippen LogP contribution in [0.1, 0.15) is 226 Å². The van der Waals surface area contributed by atoms with Gasteiger partial charge in [0.25, 0.3) is 0 Å². The summed E-state index contributed by atoms with van der Waals surface area (Å²) >= 11 is 0. The van der Waals surface area contributed by atoms with E-state index in [2.05, 4.69) is 19.2 Å². The van der Waals surface area contributed by atoms with Crippen molar-refractivity contribution in [3.05, 3.63) is 0 Å². The van der Waals surface area contributed by atoms with Crippen LogP contribution in [-0.4, -0.2) is 163 Å². The lowest BCUT2D eigenvalue weighted by atomic mass is 9.97. The van der Waals surface area contributed by atoms with E-state index in [-0.39, 0.29) is 12.8 Å². The van der Waals surface area contributed by atoms with Crippen LogP contribution in [0.25, 0.3) is 0 Å². The van der Waals surface area contributed by atoms with Gasteiger partial charge >= 0.3 is 0 Å². The SMILES string of the molecule is CCCCCCCCCCCCCCCCCCCCC[C@@H](O)C(=O)N[C@@H](CO[C@H]1O[C@H](CO)[C@H](O)[C@H](O)[C@H]1OC1O[C@H](CO)[C@H](O)[C@H](O)[C@H]1O)[C@H](O)[C@H](O)CCCCCCCCCCCCCC. The molecule has 0 aromatic rings. The molecule has 14 atom stereocenters. The number of nitrogens with one attached hydrogen (secondary N) is 1. The zero-order chi connectivity index (χ0) is 50.7. The van der Waals surface area contributed by atoms with Gasteiger partial charge in [-0.3, -0.25) is 4.79 Å². The maximum absolute atomic E-state index is 13.4. The molecule has 2 aliphatic rings. The number of hydrogen-bond acceptors (Lipinski definition) is 15.